The average Bonchev–Trinajstić information content (AvgIpc) is 2.65. The standard InChI is InChI=1S/C15H27N3O/c1-11(2)15(5,10-16)18-13(19)9-17-12-7-6-8-14(12,3)4/h11-12,17H,6-9H2,1-5H3,(H,18,19)/t12-,15-/m0/s1. The van der Waals surface area contributed by atoms with Gasteiger partial charge in [0, 0.05) is 6.04 Å². The van der Waals surface area contributed by atoms with Crippen molar-refractivity contribution in [1.82, 2.24) is 10.6 Å². The van der Waals surface area contributed by atoms with E-state index in [4.69, 9.17) is 0 Å². The van der Waals surface area contributed by atoms with Crippen LogP contribution in [0.3, 0.4) is 0 Å². The summed E-state index contributed by atoms with van der Waals surface area (Å²) >= 11 is 0. The highest BCUT2D eigenvalue weighted by molar-refractivity contribution is 5.79. The molecule has 0 heterocycles. The smallest absolute Gasteiger partial charge is 0.235 e. The first-order chi connectivity index (χ1) is 8.71. The number of carbonyl (C=O) groups is 1. The molecule has 0 bridgehead atoms. The zero-order chi connectivity index (χ0) is 14.7. The molecule has 108 valence electrons. The van der Waals surface area contributed by atoms with Gasteiger partial charge in [0.25, 0.3) is 0 Å². The number of amides is 1. The third-order valence-electron chi connectivity index (χ3n) is 4.55. The highest BCUT2D eigenvalue weighted by Crippen LogP contribution is 2.36. The van der Waals surface area contributed by atoms with Crippen LogP contribution in [0, 0.1) is 22.7 Å². The third-order valence-corrected chi connectivity index (χ3v) is 4.55. The van der Waals surface area contributed by atoms with Gasteiger partial charge in [0.05, 0.1) is 12.6 Å². The van der Waals surface area contributed by atoms with E-state index in [9.17, 15) is 10.1 Å². The van der Waals surface area contributed by atoms with Crippen LogP contribution < -0.4 is 10.6 Å². The molecule has 0 saturated heterocycles. The Morgan fingerprint density at radius 2 is 2.16 bits per heavy atom. The molecular formula is C15H27N3O. The summed E-state index contributed by atoms with van der Waals surface area (Å²) in [6.45, 7) is 10.4. The molecule has 1 aliphatic carbocycles. The largest absolute Gasteiger partial charge is 0.337 e. The summed E-state index contributed by atoms with van der Waals surface area (Å²) in [6, 6.07) is 2.59. The fourth-order valence-corrected chi connectivity index (χ4v) is 2.56. The molecule has 1 amide bonds. The molecule has 4 nitrogen and oxygen atoms in total. The zero-order valence-corrected chi connectivity index (χ0v) is 12.8. The summed E-state index contributed by atoms with van der Waals surface area (Å²) in [5.41, 5.74) is -0.527. The molecule has 0 aromatic carbocycles. The van der Waals surface area contributed by atoms with Crippen LogP contribution in [0.1, 0.15) is 53.9 Å². The molecule has 1 fully saturated rings. The van der Waals surface area contributed by atoms with Gasteiger partial charge in [-0.3, -0.25) is 4.79 Å². The quantitative estimate of drug-likeness (QED) is 0.801. The minimum absolute atomic E-state index is 0.0874. The maximum atomic E-state index is 12.0. The second-order valence-electron chi connectivity index (χ2n) is 6.83. The summed E-state index contributed by atoms with van der Waals surface area (Å²) in [7, 11) is 0. The van der Waals surface area contributed by atoms with Crippen LogP contribution >= 0.6 is 0 Å². The number of hydrogen-bond acceptors (Lipinski definition) is 3. The Labute approximate surface area is 116 Å². The van der Waals surface area contributed by atoms with E-state index < -0.39 is 5.54 Å². The van der Waals surface area contributed by atoms with Crippen molar-refractivity contribution in [2.45, 2.75) is 65.5 Å². The number of hydrogen-bond donors (Lipinski definition) is 2. The van der Waals surface area contributed by atoms with Crippen molar-refractivity contribution in [3.63, 3.8) is 0 Å². The van der Waals surface area contributed by atoms with Crippen molar-refractivity contribution in [1.29, 1.82) is 5.26 Å². The first-order valence-electron chi connectivity index (χ1n) is 7.17. The minimum Gasteiger partial charge on any atom is -0.337 e. The van der Waals surface area contributed by atoms with Crippen LogP contribution in [-0.4, -0.2) is 24.0 Å². The van der Waals surface area contributed by atoms with Crippen molar-refractivity contribution >= 4 is 5.91 Å². The molecule has 1 saturated carbocycles. The molecule has 0 unspecified atom stereocenters. The van der Waals surface area contributed by atoms with E-state index in [0.717, 1.165) is 6.42 Å². The lowest BCUT2D eigenvalue weighted by molar-refractivity contribution is -0.122. The fourth-order valence-electron chi connectivity index (χ4n) is 2.56. The topological polar surface area (TPSA) is 64.9 Å². The highest BCUT2D eigenvalue weighted by atomic mass is 16.2. The number of carbonyl (C=O) groups excluding carboxylic acids is 1. The van der Waals surface area contributed by atoms with Crippen molar-refractivity contribution in [3.8, 4) is 6.07 Å². The summed E-state index contributed by atoms with van der Waals surface area (Å²) in [5.74, 6) is -0.00942. The van der Waals surface area contributed by atoms with Gasteiger partial charge in [0.2, 0.25) is 5.91 Å². The maximum absolute atomic E-state index is 12.0. The summed E-state index contributed by atoms with van der Waals surface area (Å²) in [4.78, 5) is 12.0. The molecule has 2 atom stereocenters. The Morgan fingerprint density at radius 3 is 2.58 bits per heavy atom. The lowest BCUT2D eigenvalue weighted by atomic mass is 9.87. The zero-order valence-electron chi connectivity index (χ0n) is 12.8. The van der Waals surface area contributed by atoms with Gasteiger partial charge in [-0.05, 0) is 31.1 Å². The van der Waals surface area contributed by atoms with Crippen molar-refractivity contribution in [2.75, 3.05) is 6.54 Å². The predicted molar refractivity (Wildman–Crippen MR) is 76.4 cm³/mol. The van der Waals surface area contributed by atoms with E-state index in [1.807, 2.05) is 13.8 Å². The lowest BCUT2D eigenvalue weighted by Gasteiger charge is -2.30. The highest BCUT2D eigenvalue weighted by Gasteiger charge is 2.35. The first-order valence-corrected chi connectivity index (χ1v) is 7.17. The van der Waals surface area contributed by atoms with E-state index in [1.54, 1.807) is 6.92 Å². The molecule has 1 aliphatic rings. The number of nitrogens with one attached hydrogen (secondary N) is 2. The van der Waals surface area contributed by atoms with Crippen LogP contribution in [0.15, 0.2) is 0 Å². The van der Waals surface area contributed by atoms with E-state index in [2.05, 4.69) is 30.6 Å². The SMILES string of the molecule is CC(C)[C@](C)(C#N)NC(=O)CN[C@H]1CCCC1(C)C. The molecule has 1 rings (SSSR count). The summed E-state index contributed by atoms with van der Waals surface area (Å²) < 4.78 is 0. The van der Waals surface area contributed by atoms with Gasteiger partial charge < -0.3 is 10.6 Å². The van der Waals surface area contributed by atoms with E-state index in [0.29, 0.717) is 6.04 Å². The third kappa shape index (κ3) is 3.94. The molecule has 4 heteroatoms. The van der Waals surface area contributed by atoms with Crippen LogP contribution in [0.5, 0.6) is 0 Å². The van der Waals surface area contributed by atoms with Crippen molar-refractivity contribution in [3.05, 3.63) is 0 Å². The van der Waals surface area contributed by atoms with Crippen molar-refractivity contribution < 1.29 is 4.79 Å². The number of nitrogens with zero attached hydrogens (tertiary/aromatic N) is 1. The maximum Gasteiger partial charge on any atom is 0.235 e. The Bertz CT molecular complexity index is 370. The van der Waals surface area contributed by atoms with E-state index in [-0.39, 0.29) is 23.8 Å². The van der Waals surface area contributed by atoms with Gasteiger partial charge in [0.1, 0.15) is 5.54 Å². The molecule has 0 spiro atoms. The monoisotopic (exact) mass is 265 g/mol. The Kier molecular flexibility index (Phi) is 4.98. The lowest BCUT2D eigenvalue weighted by Crippen LogP contribution is -2.52. The van der Waals surface area contributed by atoms with Crippen molar-refractivity contribution in [2.24, 2.45) is 11.3 Å². The van der Waals surface area contributed by atoms with Gasteiger partial charge in [-0.15, -0.1) is 0 Å². The summed E-state index contributed by atoms with van der Waals surface area (Å²) in [6.07, 6.45) is 3.54. The van der Waals surface area contributed by atoms with Crippen LogP contribution in [0.25, 0.3) is 0 Å². The molecular weight excluding hydrogens is 238 g/mol. The van der Waals surface area contributed by atoms with E-state index in [1.165, 1.54) is 12.8 Å². The van der Waals surface area contributed by atoms with Gasteiger partial charge in [-0.2, -0.15) is 5.26 Å². The number of rotatable bonds is 5. The molecule has 0 aliphatic heterocycles. The number of nitriles is 1. The summed E-state index contributed by atoms with van der Waals surface area (Å²) in [5, 5.41) is 15.3. The molecule has 2 N–H and O–H groups in total. The predicted octanol–water partition coefficient (Wildman–Crippen LogP) is 2.21. The molecule has 0 radical (unpaired) electrons. The Morgan fingerprint density at radius 1 is 1.53 bits per heavy atom. The van der Waals surface area contributed by atoms with Gasteiger partial charge in [0.15, 0.2) is 0 Å². The molecule has 19 heavy (non-hydrogen) atoms. The van der Waals surface area contributed by atoms with Crippen LogP contribution in [0.4, 0.5) is 0 Å². The van der Waals surface area contributed by atoms with Gasteiger partial charge in [-0.25, -0.2) is 0 Å². The van der Waals surface area contributed by atoms with Gasteiger partial charge in [-0.1, -0.05) is 34.1 Å². The second-order valence-corrected chi connectivity index (χ2v) is 6.83. The normalized spacial score (nSPS) is 24.8. The fraction of sp³-hybridized carbons (Fsp3) is 0.867. The molecule has 0 aromatic rings. The van der Waals surface area contributed by atoms with Crippen LogP contribution in [0.2, 0.25) is 0 Å². The Hall–Kier alpha value is -1.08. The first kappa shape index (κ1) is 16.0. The van der Waals surface area contributed by atoms with E-state index >= 15 is 0 Å². The van der Waals surface area contributed by atoms with Crippen LogP contribution in [-0.2, 0) is 4.79 Å². The average molecular weight is 265 g/mol. The Balaban J connectivity index is 2.47. The second kappa shape index (κ2) is 5.92. The van der Waals surface area contributed by atoms with Gasteiger partial charge >= 0.3 is 0 Å². The minimum atomic E-state index is -0.788. The molecule has 0 aromatic heterocycles.